The van der Waals surface area contributed by atoms with Crippen molar-refractivity contribution >= 4 is 21.9 Å². The average Bonchev–Trinajstić information content (AvgIpc) is 2.26. The quantitative estimate of drug-likeness (QED) is 0.878. The minimum atomic E-state index is -0.967. The zero-order valence-electron chi connectivity index (χ0n) is 9.77. The van der Waals surface area contributed by atoms with E-state index in [0.29, 0.717) is 23.4 Å². The number of benzene rings is 1. The van der Waals surface area contributed by atoms with Gasteiger partial charge in [-0.05, 0) is 48.0 Å². The maximum absolute atomic E-state index is 10.8. The molecule has 0 heterocycles. The van der Waals surface area contributed by atoms with Gasteiger partial charge in [-0.2, -0.15) is 0 Å². The maximum Gasteiger partial charge on any atom is 0.336 e. The van der Waals surface area contributed by atoms with Gasteiger partial charge in [0, 0.05) is 11.1 Å². The van der Waals surface area contributed by atoms with E-state index in [1.165, 1.54) is 6.07 Å². The summed E-state index contributed by atoms with van der Waals surface area (Å²) < 4.78 is 11.3. The van der Waals surface area contributed by atoms with Gasteiger partial charge in [0.25, 0.3) is 0 Å². The second kappa shape index (κ2) is 6.61. The van der Waals surface area contributed by atoms with Crippen LogP contribution in [-0.2, 0) is 4.74 Å². The highest BCUT2D eigenvalue weighted by atomic mass is 79.9. The lowest BCUT2D eigenvalue weighted by molar-refractivity contribution is 0.0655. The molecule has 1 aromatic rings. The van der Waals surface area contributed by atoms with Crippen molar-refractivity contribution in [3.63, 3.8) is 0 Å². The van der Waals surface area contributed by atoms with Crippen molar-refractivity contribution in [3.8, 4) is 5.75 Å². The molecule has 5 heteroatoms. The standard InChI is InChI=1S/C12H15BrO4/c1-3-16-7-8(2)17-9-4-5-10(12(14)15)11(13)6-9/h4-6,8H,3,7H2,1-2H3,(H,14,15). The van der Waals surface area contributed by atoms with E-state index in [4.69, 9.17) is 14.6 Å². The van der Waals surface area contributed by atoms with Gasteiger partial charge in [-0.3, -0.25) is 0 Å². The van der Waals surface area contributed by atoms with Crippen LogP contribution in [0.5, 0.6) is 5.75 Å². The minimum absolute atomic E-state index is 0.0717. The first kappa shape index (κ1) is 14.0. The van der Waals surface area contributed by atoms with Crippen LogP contribution in [0.25, 0.3) is 0 Å². The number of hydrogen-bond acceptors (Lipinski definition) is 3. The van der Waals surface area contributed by atoms with E-state index in [9.17, 15) is 4.79 Å². The second-order valence-electron chi connectivity index (χ2n) is 3.53. The molecule has 1 aromatic carbocycles. The molecule has 0 aromatic heterocycles. The van der Waals surface area contributed by atoms with Crippen LogP contribution in [0.1, 0.15) is 24.2 Å². The Morgan fingerprint density at radius 2 is 2.24 bits per heavy atom. The molecule has 0 saturated carbocycles. The molecule has 1 unspecified atom stereocenters. The molecule has 0 radical (unpaired) electrons. The second-order valence-corrected chi connectivity index (χ2v) is 4.39. The normalized spacial score (nSPS) is 12.2. The smallest absolute Gasteiger partial charge is 0.336 e. The molecule has 1 N–H and O–H groups in total. The van der Waals surface area contributed by atoms with Gasteiger partial charge in [-0.1, -0.05) is 0 Å². The Labute approximate surface area is 109 Å². The summed E-state index contributed by atoms with van der Waals surface area (Å²) in [5, 5.41) is 8.86. The molecular formula is C12H15BrO4. The lowest BCUT2D eigenvalue weighted by Gasteiger charge is -2.15. The number of carboxylic acids is 1. The summed E-state index contributed by atoms with van der Waals surface area (Å²) in [6.45, 7) is 4.98. The van der Waals surface area contributed by atoms with Crippen molar-refractivity contribution in [1.29, 1.82) is 0 Å². The Morgan fingerprint density at radius 3 is 2.76 bits per heavy atom. The van der Waals surface area contributed by atoms with Crippen molar-refractivity contribution in [3.05, 3.63) is 28.2 Å². The highest BCUT2D eigenvalue weighted by Crippen LogP contribution is 2.23. The molecule has 0 spiro atoms. The van der Waals surface area contributed by atoms with Crippen molar-refractivity contribution < 1.29 is 19.4 Å². The van der Waals surface area contributed by atoms with Crippen LogP contribution >= 0.6 is 15.9 Å². The van der Waals surface area contributed by atoms with E-state index >= 15 is 0 Å². The third kappa shape index (κ3) is 4.36. The van der Waals surface area contributed by atoms with Crippen LogP contribution < -0.4 is 4.74 Å². The Balaban J connectivity index is 2.67. The van der Waals surface area contributed by atoms with Gasteiger partial charge >= 0.3 is 5.97 Å². The molecule has 4 nitrogen and oxygen atoms in total. The van der Waals surface area contributed by atoms with E-state index in [2.05, 4.69) is 15.9 Å². The lowest BCUT2D eigenvalue weighted by atomic mass is 10.2. The molecule has 17 heavy (non-hydrogen) atoms. The molecule has 1 rings (SSSR count). The summed E-state index contributed by atoms with van der Waals surface area (Å²) in [6.07, 6.45) is -0.0717. The summed E-state index contributed by atoms with van der Waals surface area (Å²) in [5.74, 6) is -0.347. The van der Waals surface area contributed by atoms with E-state index < -0.39 is 5.97 Å². The van der Waals surface area contributed by atoms with E-state index in [1.807, 2.05) is 13.8 Å². The fourth-order valence-electron chi connectivity index (χ4n) is 1.29. The SMILES string of the molecule is CCOCC(C)Oc1ccc(C(=O)O)c(Br)c1. The van der Waals surface area contributed by atoms with Gasteiger partial charge in [-0.25, -0.2) is 4.79 Å². The van der Waals surface area contributed by atoms with Crippen molar-refractivity contribution in [2.75, 3.05) is 13.2 Å². The van der Waals surface area contributed by atoms with Crippen LogP contribution in [0.4, 0.5) is 0 Å². The molecule has 0 saturated heterocycles. The number of halogens is 1. The van der Waals surface area contributed by atoms with Crippen molar-refractivity contribution in [2.24, 2.45) is 0 Å². The van der Waals surface area contributed by atoms with Gasteiger partial charge in [0.2, 0.25) is 0 Å². The third-order valence-corrected chi connectivity index (χ3v) is 2.72. The van der Waals surface area contributed by atoms with Crippen LogP contribution in [0.2, 0.25) is 0 Å². The van der Waals surface area contributed by atoms with Gasteiger partial charge in [0.15, 0.2) is 0 Å². The van der Waals surface area contributed by atoms with Crippen LogP contribution in [0.3, 0.4) is 0 Å². The molecule has 1 atom stereocenters. The minimum Gasteiger partial charge on any atom is -0.488 e. The Bertz CT molecular complexity index is 392. The molecule has 0 aliphatic carbocycles. The molecular weight excluding hydrogens is 288 g/mol. The summed E-state index contributed by atoms with van der Waals surface area (Å²) in [7, 11) is 0. The Kier molecular flexibility index (Phi) is 5.44. The summed E-state index contributed by atoms with van der Waals surface area (Å²) in [6, 6.07) is 4.79. The third-order valence-electron chi connectivity index (χ3n) is 2.06. The largest absolute Gasteiger partial charge is 0.488 e. The molecule has 0 fully saturated rings. The molecule has 94 valence electrons. The first-order chi connectivity index (χ1) is 8.04. The van der Waals surface area contributed by atoms with Crippen LogP contribution in [-0.4, -0.2) is 30.4 Å². The summed E-state index contributed by atoms with van der Waals surface area (Å²) in [4.78, 5) is 10.8. The van der Waals surface area contributed by atoms with E-state index in [0.717, 1.165) is 0 Å². The maximum atomic E-state index is 10.8. The molecule has 0 aliphatic rings. The van der Waals surface area contributed by atoms with E-state index in [1.54, 1.807) is 12.1 Å². The number of carboxylic acid groups (broad SMARTS) is 1. The van der Waals surface area contributed by atoms with Crippen LogP contribution in [0, 0.1) is 0 Å². The predicted molar refractivity (Wildman–Crippen MR) is 67.7 cm³/mol. The number of hydrogen-bond donors (Lipinski definition) is 1. The fraction of sp³-hybridized carbons (Fsp3) is 0.417. The number of carbonyl (C=O) groups is 1. The zero-order chi connectivity index (χ0) is 12.8. The van der Waals surface area contributed by atoms with Crippen molar-refractivity contribution in [1.82, 2.24) is 0 Å². The summed E-state index contributed by atoms with van der Waals surface area (Å²) >= 11 is 3.20. The lowest BCUT2D eigenvalue weighted by Crippen LogP contribution is -2.19. The van der Waals surface area contributed by atoms with Gasteiger partial charge < -0.3 is 14.6 Å². The van der Waals surface area contributed by atoms with Crippen molar-refractivity contribution in [2.45, 2.75) is 20.0 Å². The van der Waals surface area contributed by atoms with E-state index in [-0.39, 0.29) is 11.7 Å². The highest BCUT2D eigenvalue weighted by Gasteiger charge is 2.10. The summed E-state index contributed by atoms with van der Waals surface area (Å²) in [5.41, 5.74) is 0.217. The Morgan fingerprint density at radius 1 is 1.53 bits per heavy atom. The highest BCUT2D eigenvalue weighted by molar-refractivity contribution is 9.10. The number of aromatic carboxylic acids is 1. The topological polar surface area (TPSA) is 55.8 Å². The molecule has 0 bridgehead atoms. The number of ether oxygens (including phenoxy) is 2. The Hall–Kier alpha value is -1.07. The zero-order valence-corrected chi connectivity index (χ0v) is 11.4. The number of rotatable bonds is 6. The first-order valence-corrected chi connectivity index (χ1v) is 6.11. The van der Waals surface area contributed by atoms with Gasteiger partial charge in [-0.15, -0.1) is 0 Å². The van der Waals surface area contributed by atoms with Gasteiger partial charge in [0.05, 0.1) is 12.2 Å². The predicted octanol–water partition coefficient (Wildman–Crippen LogP) is 2.95. The molecule has 0 aliphatic heterocycles. The van der Waals surface area contributed by atoms with Gasteiger partial charge in [0.1, 0.15) is 11.9 Å². The average molecular weight is 303 g/mol. The van der Waals surface area contributed by atoms with Crippen LogP contribution in [0.15, 0.2) is 22.7 Å². The first-order valence-electron chi connectivity index (χ1n) is 5.31. The molecule has 0 amide bonds. The fourth-order valence-corrected chi connectivity index (χ4v) is 1.82. The monoisotopic (exact) mass is 302 g/mol.